The normalized spacial score (nSPS) is 16.1. The van der Waals surface area contributed by atoms with Crippen LogP contribution in [0.4, 0.5) is 0 Å². The van der Waals surface area contributed by atoms with Gasteiger partial charge in [0.15, 0.2) is 0 Å². The average Bonchev–Trinajstić information content (AvgIpc) is 2.64. The number of fused-ring (bicyclic) bond motifs is 1. The van der Waals surface area contributed by atoms with Gasteiger partial charge in [0.05, 0.1) is 0 Å². The summed E-state index contributed by atoms with van der Waals surface area (Å²) < 4.78 is 5.38. The monoisotopic (exact) mass is 362 g/mol. The molecule has 2 aromatic carbocycles. The molecular formula is C23H26N2O2. The molecule has 1 aliphatic rings. The van der Waals surface area contributed by atoms with Crippen LogP contribution in [0.25, 0.3) is 11.0 Å². The molecule has 1 saturated heterocycles. The van der Waals surface area contributed by atoms with E-state index in [4.69, 9.17) is 4.42 Å². The molecule has 0 atom stereocenters. The molecule has 1 fully saturated rings. The first-order valence-corrected chi connectivity index (χ1v) is 9.61. The van der Waals surface area contributed by atoms with Crippen molar-refractivity contribution in [1.82, 2.24) is 9.80 Å². The molecule has 1 aliphatic heterocycles. The standard InChI is InChI=1S/C23H26N2O2/c1-17-7-8-21-20(14-23(26)27-22(21)13-17)16-25-11-9-24(10-12-25)15-19-6-4-3-5-18(19)2/h3-8,13-14H,9-12,15-16H2,1-2H3. The van der Waals surface area contributed by atoms with E-state index in [1.165, 1.54) is 11.1 Å². The second-order valence-electron chi connectivity index (χ2n) is 7.57. The van der Waals surface area contributed by atoms with Crippen molar-refractivity contribution in [3.63, 3.8) is 0 Å². The zero-order valence-corrected chi connectivity index (χ0v) is 16.1. The third-order valence-electron chi connectivity index (χ3n) is 5.50. The van der Waals surface area contributed by atoms with Gasteiger partial charge in [-0.25, -0.2) is 4.79 Å². The van der Waals surface area contributed by atoms with E-state index in [1.807, 2.05) is 13.0 Å². The summed E-state index contributed by atoms with van der Waals surface area (Å²) in [5.41, 5.74) is 5.36. The van der Waals surface area contributed by atoms with Crippen LogP contribution in [0, 0.1) is 13.8 Å². The number of aryl methyl sites for hydroxylation is 2. The molecule has 0 spiro atoms. The molecule has 2 heterocycles. The van der Waals surface area contributed by atoms with E-state index in [2.05, 4.69) is 53.1 Å². The first kappa shape index (κ1) is 18.0. The first-order valence-electron chi connectivity index (χ1n) is 9.61. The molecule has 4 rings (SSSR count). The van der Waals surface area contributed by atoms with Crippen LogP contribution >= 0.6 is 0 Å². The zero-order valence-electron chi connectivity index (χ0n) is 16.1. The Bertz CT molecular complexity index is 1000. The first-order chi connectivity index (χ1) is 13.1. The van der Waals surface area contributed by atoms with Gasteiger partial charge >= 0.3 is 5.63 Å². The lowest BCUT2D eigenvalue weighted by atomic mass is 10.1. The summed E-state index contributed by atoms with van der Waals surface area (Å²) in [6, 6.07) is 16.4. The van der Waals surface area contributed by atoms with Gasteiger partial charge in [0.1, 0.15) is 5.58 Å². The lowest BCUT2D eigenvalue weighted by molar-refractivity contribution is 0.122. The van der Waals surface area contributed by atoms with Gasteiger partial charge in [-0.1, -0.05) is 36.4 Å². The number of hydrogen-bond acceptors (Lipinski definition) is 4. The number of piperazine rings is 1. The third kappa shape index (κ3) is 4.12. The average molecular weight is 362 g/mol. The van der Waals surface area contributed by atoms with Crippen LogP contribution in [0.15, 0.2) is 57.7 Å². The molecule has 0 amide bonds. The molecule has 0 saturated carbocycles. The molecule has 0 bridgehead atoms. The second kappa shape index (κ2) is 7.67. The van der Waals surface area contributed by atoms with Gasteiger partial charge in [0.25, 0.3) is 0 Å². The molecule has 4 heteroatoms. The van der Waals surface area contributed by atoms with E-state index in [-0.39, 0.29) is 5.63 Å². The van der Waals surface area contributed by atoms with Crippen LogP contribution in [0.5, 0.6) is 0 Å². The van der Waals surface area contributed by atoms with Crippen molar-refractivity contribution in [2.75, 3.05) is 26.2 Å². The highest BCUT2D eigenvalue weighted by atomic mass is 16.4. The summed E-state index contributed by atoms with van der Waals surface area (Å²) in [5, 5.41) is 1.04. The van der Waals surface area contributed by atoms with Crippen molar-refractivity contribution >= 4 is 11.0 Å². The second-order valence-corrected chi connectivity index (χ2v) is 7.57. The van der Waals surface area contributed by atoms with Crippen LogP contribution in [-0.2, 0) is 13.1 Å². The third-order valence-corrected chi connectivity index (χ3v) is 5.50. The minimum atomic E-state index is -0.263. The summed E-state index contributed by atoms with van der Waals surface area (Å²) in [4.78, 5) is 16.9. The quantitative estimate of drug-likeness (QED) is 0.663. The van der Waals surface area contributed by atoms with Crippen molar-refractivity contribution in [3.05, 3.63) is 81.2 Å². The van der Waals surface area contributed by atoms with Gasteiger partial charge in [0.2, 0.25) is 0 Å². The fraction of sp³-hybridized carbons (Fsp3) is 0.348. The summed E-state index contributed by atoms with van der Waals surface area (Å²) in [7, 11) is 0. The van der Waals surface area contributed by atoms with Crippen LogP contribution in [0.3, 0.4) is 0 Å². The summed E-state index contributed by atoms with van der Waals surface area (Å²) in [5.74, 6) is 0. The summed E-state index contributed by atoms with van der Waals surface area (Å²) >= 11 is 0. The molecule has 140 valence electrons. The molecule has 0 unspecified atom stereocenters. The maximum Gasteiger partial charge on any atom is 0.336 e. The molecule has 0 radical (unpaired) electrons. The fourth-order valence-electron chi connectivity index (χ4n) is 3.84. The highest BCUT2D eigenvalue weighted by Crippen LogP contribution is 2.21. The van der Waals surface area contributed by atoms with Gasteiger partial charge in [-0.05, 0) is 42.2 Å². The lowest BCUT2D eigenvalue weighted by Gasteiger charge is -2.35. The highest BCUT2D eigenvalue weighted by molar-refractivity contribution is 5.80. The Morgan fingerprint density at radius 3 is 2.22 bits per heavy atom. The molecule has 0 N–H and O–H groups in total. The predicted molar refractivity (Wildman–Crippen MR) is 109 cm³/mol. The smallest absolute Gasteiger partial charge is 0.336 e. The molecular weight excluding hydrogens is 336 g/mol. The minimum Gasteiger partial charge on any atom is -0.423 e. The van der Waals surface area contributed by atoms with E-state index in [1.54, 1.807) is 6.07 Å². The van der Waals surface area contributed by atoms with Crippen molar-refractivity contribution < 1.29 is 4.42 Å². The maximum atomic E-state index is 12.0. The molecule has 4 nitrogen and oxygen atoms in total. The van der Waals surface area contributed by atoms with E-state index >= 15 is 0 Å². The van der Waals surface area contributed by atoms with Crippen molar-refractivity contribution in [2.45, 2.75) is 26.9 Å². The van der Waals surface area contributed by atoms with Crippen LogP contribution in [0.1, 0.15) is 22.3 Å². The highest BCUT2D eigenvalue weighted by Gasteiger charge is 2.19. The van der Waals surface area contributed by atoms with E-state index < -0.39 is 0 Å². The summed E-state index contributed by atoms with van der Waals surface area (Å²) in [6.45, 7) is 10.1. The van der Waals surface area contributed by atoms with Crippen LogP contribution in [0.2, 0.25) is 0 Å². The predicted octanol–water partition coefficient (Wildman–Crippen LogP) is 3.73. The maximum absolute atomic E-state index is 12.0. The van der Waals surface area contributed by atoms with Crippen molar-refractivity contribution in [3.8, 4) is 0 Å². The Labute approximate surface area is 160 Å². The largest absolute Gasteiger partial charge is 0.423 e. The van der Waals surface area contributed by atoms with Gasteiger partial charge in [0, 0.05) is 50.7 Å². The molecule has 3 aromatic rings. The Morgan fingerprint density at radius 1 is 0.852 bits per heavy atom. The van der Waals surface area contributed by atoms with Gasteiger partial charge in [-0.15, -0.1) is 0 Å². The van der Waals surface area contributed by atoms with E-state index in [9.17, 15) is 4.79 Å². The lowest BCUT2D eigenvalue weighted by Crippen LogP contribution is -2.45. The van der Waals surface area contributed by atoms with Crippen molar-refractivity contribution in [1.29, 1.82) is 0 Å². The Balaban J connectivity index is 1.43. The van der Waals surface area contributed by atoms with Crippen LogP contribution in [-0.4, -0.2) is 36.0 Å². The number of benzene rings is 2. The number of hydrogen-bond donors (Lipinski definition) is 0. The SMILES string of the molecule is Cc1ccc2c(CN3CCN(Cc4ccccc4C)CC3)cc(=O)oc2c1. The zero-order chi connectivity index (χ0) is 18.8. The Hall–Kier alpha value is -2.43. The molecule has 0 aliphatic carbocycles. The van der Waals surface area contributed by atoms with Crippen molar-refractivity contribution in [2.24, 2.45) is 0 Å². The van der Waals surface area contributed by atoms with E-state index in [0.717, 1.165) is 55.8 Å². The van der Waals surface area contributed by atoms with Gasteiger partial charge in [-0.2, -0.15) is 0 Å². The number of rotatable bonds is 4. The molecule has 27 heavy (non-hydrogen) atoms. The number of nitrogens with zero attached hydrogens (tertiary/aromatic N) is 2. The summed E-state index contributed by atoms with van der Waals surface area (Å²) in [6.07, 6.45) is 0. The topological polar surface area (TPSA) is 36.7 Å². The Morgan fingerprint density at radius 2 is 1.52 bits per heavy atom. The minimum absolute atomic E-state index is 0.263. The van der Waals surface area contributed by atoms with Gasteiger partial charge in [-0.3, -0.25) is 9.80 Å². The Kier molecular flexibility index (Phi) is 5.10. The van der Waals surface area contributed by atoms with Crippen LogP contribution < -0.4 is 5.63 Å². The molecule has 1 aromatic heterocycles. The van der Waals surface area contributed by atoms with Gasteiger partial charge < -0.3 is 4.42 Å². The van der Waals surface area contributed by atoms with E-state index in [0.29, 0.717) is 5.58 Å². The fourth-order valence-corrected chi connectivity index (χ4v) is 3.84.